The molecule has 18 heavy (non-hydrogen) atoms. The second-order valence-corrected chi connectivity index (χ2v) is 5.29. The van der Waals surface area contributed by atoms with Crippen molar-refractivity contribution in [1.82, 2.24) is 0 Å². The molecule has 9 heteroatoms. The van der Waals surface area contributed by atoms with E-state index >= 15 is 0 Å². The normalized spacial score (nSPS) is 32.7. The summed E-state index contributed by atoms with van der Waals surface area (Å²) in [5.74, 6) is 0. The average molecular weight is 294 g/mol. The molecule has 1 heterocycles. The molecule has 0 aromatic heterocycles. The van der Waals surface area contributed by atoms with Crippen molar-refractivity contribution in [2.24, 2.45) is 0 Å². The predicted molar refractivity (Wildman–Crippen MR) is 67.8 cm³/mol. The average Bonchev–Trinajstić information content (AvgIpc) is 2.63. The van der Waals surface area contributed by atoms with Gasteiger partial charge < -0.3 is 31.2 Å². The molecule has 0 amide bonds. The third-order valence-corrected chi connectivity index (χ3v) is 3.24. The van der Waals surface area contributed by atoms with Crippen LogP contribution in [0.2, 0.25) is 0 Å². The molecule has 0 aliphatic carbocycles. The summed E-state index contributed by atoms with van der Waals surface area (Å²) in [6.07, 6.45) is -1.25. The molecule has 2 radical (unpaired) electrons. The SMILES string of the molecule is [B][C@@H]1O[C@H](CO[P+](=O)[S-])C(OC)[C@@H]1OCCOC. The minimum atomic E-state index is -2.09. The first-order valence-electron chi connectivity index (χ1n) is 5.41. The van der Waals surface area contributed by atoms with Crippen LogP contribution >= 0.6 is 7.23 Å². The van der Waals surface area contributed by atoms with Crippen LogP contribution in [0.1, 0.15) is 0 Å². The van der Waals surface area contributed by atoms with Gasteiger partial charge in [0.05, 0.1) is 13.2 Å². The number of hydrogen-bond donors (Lipinski definition) is 0. The van der Waals surface area contributed by atoms with Crippen molar-refractivity contribution in [2.45, 2.75) is 24.3 Å². The molecule has 1 aliphatic rings. The van der Waals surface area contributed by atoms with Crippen LogP contribution in [0.25, 0.3) is 0 Å². The summed E-state index contributed by atoms with van der Waals surface area (Å²) in [7, 11) is 6.82. The molecule has 1 rings (SSSR count). The molecule has 0 aromatic carbocycles. The molecule has 0 aromatic rings. The summed E-state index contributed by atoms with van der Waals surface area (Å²) in [5, 5.41) is 0. The van der Waals surface area contributed by atoms with E-state index in [2.05, 4.69) is 12.2 Å². The maximum absolute atomic E-state index is 10.7. The molecule has 102 valence electrons. The highest BCUT2D eigenvalue weighted by Crippen LogP contribution is 2.27. The van der Waals surface area contributed by atoms with Crippen LogP contribution in [-0.2, 0) is 40.3 Å². The van der Waals surface area contributed by atoms with Crippen LogP contribution < -0.4 is 0 Å². The Morgan fingerprint density at radius 1 is 1.33 bits per heavy atom. The zero-order chi connectivity index (χ0) is 13.5. The molecule has 0 saturated carbocycles. The molecular formula is C9H16BO6PS. The van der Waals surface area contributed by atoms with Crippen LogP contribution in [0.5, 0.6) is 0 Å². The van der Waals surface area contributed by atoms with Gasteiger partial charge in [-0.05, 0) is 0 Å². The standard InChI is InChI=1S/C9H16BO6PS/c1-12-3-4-14-8-7(13-2)6(16-9(8)10)5-15-17(11)18/h6-9H,3-5H2,1-2H3/t6-,7?,8+,9-/m1/s1. The zero-order valence-electron chi connectivity index (χ0n) is 10.3. The van der Waals surface area contributed by atoms with Gasteiger partial charge in [0.2, 0.25) is 0 Å². The fourth-order valence-corrected chi connectivity index (χ4v) is 2.22. The van der Waals surface area contributed by atoms with E-state index < -0.39 is 25.4 Å². The largest absolute Gasteiger partial charge is 0.408 e. The monoisotopic (exact) mass is 294 g/mol. The van der Waals surface area contributed by atoms with Crippen molar-refractivity contribution in [3.63, 3.8) is 0 Å². The quantitative estimate of drug-likeness (QED) is 0.273. The summed E-state index contributed by atoms with van der Waals surface area (Å²) in [6, 6.07) is -0.622. The first kappa shape index (κ1) is 16.4. The number of hydrogen-bond acceptors (Lipinski definition) is 7. The highest BCUT2D eigenvalue weighted by Gasteiger charge is 2.43. The van der Waals surface area contributed by atoms with Crippen molar-refractivity contribution in [3.8, 4) is 0 Å². The van der Waals surface area contributed by atoms with E-state index in [9.17, 15) is 4.57 Å². The predicted octanol–water partition coefficient (Wildman–Crippen LogP) is 0.147. The van der Waals surface area contributed by atoms with Gasteiger partial charge in [0, 0.05) is 20.2 Å². The van der Waals surface area contributed by atoms with Crippen LogP contribution in [0.3, 0.4) is 0 Å². The third kappa shape index (κ3) is 4.77. The van der Waals surface area contributed by atoms with E-state index in [4.69, 9.17) is 31.3 Å². The van der Waals surface area contributed by atoms with E-state index in [0.717, 1.165) is 0 Å². The Morgan fingerprint density at radius 2 is 2.06 bits per heavy atom. The van der Waals surface area contributed by atoms with Gasteiger partial charge in [0.25, 0.3) is 0 Å². The summed E-state index contributed by atoms with van der Waals surface area (Å²) in [6.45, 7) is 0.912. The topological polar surface area (TPSA) is 63.2 Å². The third-order valence-electron chi connectivity index (χ3n) is 2.56. The van der Waals surface area contributed by atoms with Crippen molar-refractivity contribution in [3.05, 3.63) is 0 Å². The molecular weight excluding hydrogens is 278 g/mol. The van der Waals surface area contributed by atoms with Crippen LogP contribution in [0, 0.1) is 0 Å². The second kappa shape index (κ2) is 8.48. The number of ether oxygens (including phenoxy) is 4. The van der Waals surface area contributed by atoms with E-state index in [1.165, 1.54) is 7.11 Å². The van der Waals surface area contributed by atoms with E-state index in [1.54, 1.807) is 7.11 Å². The Hall–Kier alpha value is 0.315. The maximum atomic E-state index is 10.7. The summed E-state index contributed by atoms with van der Waals surface area (Å²) < 4.78 is 36.8. The second-order valence-electron chi connectivity index (χ2n) is 3.69. The smallest absolute Gasteiger partial charge is 0.372 e. The summed E-state index contributed by atoms with van der Waals surface area (Å²) in [5.41, 5.74) is 0. The lowest BCUT2D eigenvalue weighted by Gasteiger charge is -2.21. The molecule has 1 aliphatic heterocycles. The maximum Gasteiger partial charge on any atom is 0.372 e. The molecule has 6 nitrogen and oxygen atoms in total. The number of methoxy groups -OCH3 is 2. The molecule has 2 unspecified atom stereocenters. The molecule has 5 atom stereocenters. The Morgan fingerprint density at radius 3 is 2.61 bits per heavy atom. The lowest BCUT2D eigenvalue weighted by Crippen LogP contribution is -2.38. The molecule has 0 N–H and O–H groups in total. The Bertz CT molecular complexity index is 271. The molecule has 1 saturated heterocycles. The first-order chi connectivity index (χ1) is 8.60. The lowest BCUT2D eigenvalue weighted by molar-refractivity contribution is -0.0581. The van der Waals surface area contributed by atoms with Gasteiger partial charge in [-0.15, -0.1) is 0 Å². The Kier molecular flexibility index (Phi) is 7.71. The minimum absolute atomic E-state index is 0.0645. The van der Waals surface area contributed by atoms with E-state index in [0.29, 0.717) is 13.2 Å². The fraction of sp³-hybridized carbons (Fsp3) is 1.00. The van der Waals surface area contributed by atoms with Gasteiger partial charge in [-0.3, -0.25) is 0 Å². The van der Waals surface area contributed by atoms with Crippen molar-refractivity contribution >= 4 is 27.3 Å². The molecule has 0 bridgehead atoms. The Labute approximate surface area is 114 Å². The highest BCUT2D eigenvalue weighted by atomic mass is 32.7. The van der Waals surface area contributed by atoms with E-state index in [1.807, 2.05) is 0 Å². The van der Waals surface area contributed by atoms with Crippen molar-refractivity contribution < 1.29 is 28.0 Å². The van der Waals surface area contributed by atoms with Crippen LogP contribution in [0.4, 0.5) is 0 Å². The lowest BCUT2D eigenvalue weighted by atomic mass is 9.93. The van der Waals surface area contributed by atoms with Crippen molar-refractivity contribution in [2.75, 3.05) is 34.0 Å². The first-order valence-corrected chi connectivity index (χ1v) is 7.61. The number of rotatable bonds is 8. The summed E-state index contributed by atoms with van der Waals surface area (Å²) in [4.78, 5) is 0. The fourth-order valence-electron chi connectivity index (χ4n) is 1.77. The molecule has 1 fully saturated rings. The van der Waals surface area contributed by atoms with E-state index in [-0.39, 0.29) is 12.7 Å². The van der Waals surface area contributed by atoms with Gasteiger partial charge in [-0.1, -0.05) is 4.57 Å². The van der Waals surface area contributed by atoms with Gasteiger partial charge in [0.15, 0.2) is 0 Å². The molecule has 0 spiro atoms. The van der Waals surface area contributed by atoms with Gasteiger partial charge >= 0.3 is 7.23 Å². The zero-order valence-corrected chi connectivity index (χ0v) is 12.0. The highest BCUT2D eigenvalue weighted by molar-refractivity contribution is 8.25. The van der Waals surface area contributed by atoms with Crippen molar-refractivity contribution in [1.29, 1.82) is 0 Å². The summed E-state index contributed by atoms with van der Waals surface area (Å²) >= 11 is 4.44. The van der Waals surface area contributed by atoms with Crippen LogP contribution in [0.15, 0.2) is 0 Å². The van der Waals surface area contributed by atoms with Gasteiger partial charge in [-0.2, -0.15) is 4.52 Å². The van der Waals surface area contributed by atoms with Crippen LogP contribution in [-0.4, -0.2) is 66.2 Å². The minimum Gasteiger partial charge on any atom is -0.408 e. The van der Waals surface area contributed by atoms with Gasteiger partial charge in [0.1, 0.15) is 32.8 Å². The van der Waals surface area contributed by atoms with Gasteiger partial charge in [-0.25, -0.2) is 0 Å². The Balaban J connectivity index is 2.49.